The summed E-state index contributed by atoms with van der Waals surface area (Å²) in [6, 6.07) is 6.01. The van der Waals surface area contributed by atoms with Crippen molar-refractivity contribution >= 4 is 11.9 Å². The van der Waals surface area contributed by atoms with Gasteiger partial charge in [-0.15, -0.1) is 0 Å². The predicted octanol–water partition coefficient (Wildman–Crippen LogP) is 3.23. The number of carbonyl (C=O) groups is 2. The molecule has 27 heavy (non-hydrogen) atoms. The van der Waals surface area contributed by atoms with Crippen LogP contribution in [0.25, 0.3) is 0 Å². The number of carboxylic acid groups (broad SMARTS) is 1. The van der Waals surface area contributed by atoms with Crippen LogP contribution < -0.4 is 4.74 Å². The summed E-state index contributed by atoms with van der Waals surface area (Å²) < 4.78 is 11.2. The van der Waals surface area contributed by atoms with Gasteiger partial charge in [0.2, 0.25) is 0 Å². The van der Waals surface area contributed by atoms with Gasteiger partial charge in [0.1, 0.15) is 11.2 Å². The molecule has 1 aromatic rings. The van der Waals surface area contributed by atoms with E-state index in [0.717, 1.165) is 11.1 Å². The summed E-state index contributed by atoms with van der Waals surface area (Å²) in [5.74, 6) is -0.118. The highest BCUT2D eigenvalue weighted by atomic mass is 16.5. The summed E-state index contributed by atoms with van der Waals surface area (Å²) in [5.41, 5.74) is 1.07. The largest absolute Gasteiger partial charge is 0.481 e. The highest BCUT2D eigenvalue weighted by molar-refractivity contribution is 5.83. The minimum atomic E-state index is -1.05. The van der Waals surface area contributed by atoms with Crippen molar-refractivity contribution in [3.05, 3.63) is 29.3 Å². The van der Waals surface area contributed by atoms with Crippen molar-refractivity contribution in [2.45, 2.75) is 52.6 Å². The number of hydrogen-bond donors (Lipinski definition) is 1. The van der Waals surface area contributed by atoms with Crippen molar-refractivity contribution in [2.75, 3.05) is 26.8 Å². The molecule has 0 saturated carbocycles. The lowest BCUT2D eigenvalue weighted by Gasteiger charge is -2.40. The van der Waals surface area contributed by atoms with Crippen molar-refractivity contribution in [1.29, 1.82) is 0 Å². The third-order valence-electron chi connectivity index (χ3n) is 5.21. The predicted molar refractivity (Wildman–Crippen MR) is 103 cm³/mol. The Morgan fingerprint density at radius 2 is 2.00 bits per heavy atom. The van der Waals surface area contributed by atoms with Gasteiger partial charge in [-0.1, -0.05) is 26.0 Å². The Labute approximate surface area is 161 Å². The van der Waals surface area contributed by atoms with Crippen molar-refractivity contribution in [2.24, 2.45) is 5.41 Å². The number of aliphatic carboxylic acids is 1. The molecule has 1 aliphatic heterocycles. The molecule has 150 valence electrons. The first kappa shape index (κ1) is 21.2. The Morgan fingerprint density at radius 3 is 2.59 bits per heavy atom. The fourth-order valence-corrected chi connectivity index (χ4v) is 3.67. The normalized spacial score (nSPS) is 21.2. The van der Waals surface area contributed by atoms with Crippen LogP contribution in [0, 0.1) is 12.3 Å². The number of carboxylic acids is 1. The van der Waals surface area contributed by atoms with E-state index in [0.29, 0.717) is 25.1 Å². The number of nitrogens with zero attached hydrogens (tertiary/aromatic N) is 1. The van der Waals surface area contributed by atoms with Crippen molar-refractivity contribution < 1.29 is 24.2 Å². The molecule has 1 saturated heterocycles. The molecule has 2 unspecified atom stereocenters. The van der Waals surface area contributed by atoms with Gasteiger partial charge in [-0.25, -0.2) is 0 Å². The number of piperidine rings is 1. The number of aryl methyl sites for hydroxylation is 1. The number of amides is 1. The van der Waals surface area contributed by atoms with Crippen molar-refractivity contribution in [3.8, 4) is 5.75 Å². The number of carbonyl (C=O) groups excluding carboxylic acids is 1. The second-order valence-electron chi connectivity index (χ2n) is 7.84. The van der Waals surface area contributed by atoms with Gasteiger partial charge in [-0.3, -0.25) is 9.59 Å². The van der Waals surface area contributed by atoms with Gasteiger partial charge in [0.15, 0.2) is 6.10 Å². The van der Waals surface area contributed by atoms with Crippen LogP contribution in [0.5, 0.6) is 5.75 Å². The SMILES string of the molecule is COCC1(C(=O)O)CCCN(C(=O)C(C)Oc2cc(C)ccc2C(C)C)C1. The monoisotopic (exact) mass is 377 g/mol. The molecular formula is C21H31NO5. The number of likely N-dealkylation sites (tertiary alicyclic amines) is 1. The quantitative estimate of drug-likeness (QED) is 0.789. The highest BCUT2D eigenvalue weighted by Crippen LogP contribution is 2.32. The zero-order valence-corrected chi connectivity index (χ0v) is 16.9. The molecule has 6 heteroatoms. The van der Waals surface area contributed by atoms with Gasteiger partial charge in [0.25, 0.3) is 5.91 Å². The second-order valence-corrected chi connectivity index (χ2v) is 7.84. The van der Waals surface area contributed by atoms with Crippen LogP contribution in [0.1, 0.15) is 50.7 Å². The maximum atomic E-state index is 13.0. The van der Waals surface area contributed by atoms with Crippen LogP contribution in [0.2, 0.25) is 0 Å². The third-order valence-corrected chi connectivity index (χ3v) is 5.21. The topological polar surface area (TPSA) is 76.1 Å². The molecule has 0 aliphatic carbocycles. The van der Waals surface area contributed by atoms with E-state index in [2.05, 4.69) is 13.8 Å². The lowest BCUT2D eigenvalue weighted by atomic mass is 9.80. The summed E-state index contributed by atoms with van der Waals surface area (Å²) in [6.45, 7) is 8.66. The van der Waals surface area contributed by atoms with Crippen LogP contribution in [0.4, 0.5) is 0 Å². The minimum absolute atomic E-state index is 0.0940. The minimum Gasteiger partial charge on any atom is -0.481 e. The van der Waals surface area contributed by atoms with E-state index in [1.165, 1.54) is 7.11 Å². The van der Waals surface area contributed by atoms with Gasteiger partial charge < -0.3 is 19.5 Å². The highest BCUT2D eigenvalue weighted by Gasteiger charge is 2.44. The van der Waals surface area contributed by atoms with Crippen LogP contribution in [-0.4, -0.2) is 54.8 Å². The molecule has 1 heterocycles. The lowest BCUT2D eigenvalue weighted by Crippen LogP contribution is -2.54. The molecule has 1 aliphatic rings. The van der Waals surface area contributed by atoms with Gasteiger partial charge in [-0.05, 0) is 49.8 Å². The number of ether oxygens (including phenoxy) is 2. The summed E-state index contributed by atoms with van der Waals surface area (Å²) >= 11 is 0. The molecule has 0 spiro atoms. The Bertz CT molecular complexity index is 683. The lowest BCUT2D eigenvalue weighted by molar-refractivity contribution is -0.160. The van der Waals surface area contributed by atoms with E-state index in [4.69, 9.17) is 9.47 Å². The van der Waals surface area contributed by atoms with Crippen LogP contribution in [0.15, 0.2) is 18.2 Å². The Hall–Kier alpha value is -2.08. The first-order valence-corrected chi connectivity index (χ1v) is 9.48. The Kier molecular flexibility index (Phi) is 6.87. The standard InChI is InChI=1S/C21H31NO5/c1-14(2)17-8-7-15(3)11-18(17)27-16(4)19(23)22-10-6-9-21(12-22,13-26-5)20(24)25/h7-8,11,14,16H,6,9-10,12-13H2,1-5H3,(H,24,25). The fourth-order valence-electron chi connectivity index (χ4n) is 3.67. The summed E-state index contributed by atoms with van der Waals surface area (Å²) in [6.07, 6.45) is 0.455. The van der Waals surface area contributed by atoms with Crippen LogP contribution in [-0.2, 0) is 14.3 Å². The molecule has 2 rings (SSSR count). The second kappa shape index (κ2) is 8.74. The van der Waals surface area contributed by atoms with E-state index in [1.54, 1.807) is 11.8 Å². The van der Waals surface area contributed by atoms with Gasteiger partial charge in [0, 0.05) is 20.2 Å². The van der Waals surface area contributed by atoms with Crippen molar-refractivity contribution in [3.63, 3.8) is 0 Å². The molecule has 1 N–H and O–H groups in total. The average Bonchev–Trinajstić information content (AvgIpc) is 2.61. The van der Waals surface area contributed by atoms with Gasteiger partial charge in [0.05, 0.1) is 6.61 Å². The molecule has 2 atom stereocenters. The average molecular weight is 377 g/mol. The first-order chi connectivity index (χ1) is 12.7. The molecule has 6 nitrogen and oxygen atoms in total. The third kappa shape index (κ3) is 4.80. The molecule has 0 bridgehead atoms. The Balaban J connectivity index is 2.15. The summed E-state index contributed by atoms with van der Waals surface area (Å²) in [4.78, 5) is 26.4. The smallest absolute Gasteiger partial charge is 0.313 e. The maximum absolute atomic E-state index is 13.0. The molecule has 1 amide bonds. The molecule has 1 aromatic carbocycles. The van der Waals surface area contributed by atoms with E-state index in [9.17, 15) is 14.7 Å². The van der Waals surface area contributed by atoms with Crippen molar-refractivity contribution in [1.82, 2.24) is 4.90 Å². The van der Waals surface area contributed by atoms with Crippen LogP contribution in [0.3, 0.4) is 0 Å². The molecular weight excluding hydrogens is 346 g/mol. The van der Waals surface area contributed by atoms with Gasteiger partial charge in [-0.2, -0.15) is 0 Å². The van der Waals surface area contributed by atoms with E-state index >= 15 is 0 Å². The molecule has 0 radical (unpaired) electrons. The van der Waals surface area contributed by atoms with E-state index in [1.807, 2.05) is 25.1 Å². The summed E-state index contributed by atoms with van der Waals surface area (Å²) in [5, 5.41) is 9.67. The molecule has 0 aromatic heterocycles. The number of hydrogen-bond acceptors (Lipinski definition) is 4. The number of benzene rings is 1. The fraction of sp³-hybridized carbons (Fsp3) is 0.619. The maximum Gasteiger partial charge on any atom is 0.313 e. The Morgan fingerprint density at radius 1 is 1.30 bits per heavy atom. The zero-order valence-electron chi connectivity index (χ0n) is 16.9. The molecule has 1 fully saturated rings. The van der Waals surface area contributed by atoms with E-state index < -0.39 is 17.5 Å². The number of rotatable bonds is 7. The van der Waals surface area contributed by atoms with Gasteiger partial charge >= 0.3 is 5.97 Å². The zero-order chi connectivity index (χ0) is 20.2. The van der Waals surface area contributed by atoms with E-state index in [-0.39, 0.29) is 25.0 Å². The summed E-state index contributed by atoms with van der Waals surface area (Å²) in [7, 11) is 1.49. The first-order valence-electron chi connectivity index (χ1n) is 9.48. The number of methoxy groups -OCH3 is 1. The van der Waals surface area contributed by atoms with Crippen LogP contribution >= 0.6 is 0 Å².